The van der Waals surface area contributed by atoms with E-state index in [1.54, 1.807) is 13.1 Å². The van der Waals surface area contributed by atoms with Crippen LogP contribution in [0.3, 0.4) is 0 Å². The molecule has 0 aliphatic carbocycles. The Morgan fingerprint density at radius 1 is 1.37 bits per heavy atom. The van der Waals surface area contributed by atoms with Crippen LogP contribution in [0.2, 0.25) is 0 Å². The van der Waals surface area contributed by atoms with E-state index >= 15 is 0 Å². The van der Waals surface area contributed by atoms with Crippen LogP contribution >= 0.6 is 0 Å². The number of halogens is 1. The number of hydrogen-bond acceptors (Lipinski definition) is 2. The smallest absolute Gasteiger partial charge is 0.294 e. The average molecular weight is 262 g/mol. The molecular weight excluding hydrogens is 247 g/mol. The fraction of sp³-hybridized carbons (Fsp3) is 0.286. The Hall–Kier alpha value is -2.17. The minimum absolute atomic E-state index is 0.211. The standard InChI is InChI=1S/C14H15FN2O2/c1-3-6-17(2)14(19)13(18)11-8-16-12-5-4-9(15)7-10(11)12/h4-5,7-8,16H,3,6H2,1-2H3. The molecule has 0 aliphatic rings. The van der Waals surface area contributed by atoms with Crippen molar-refractivity contribution in [3.05, 3.63) is 35.8 Å². The number of likely N-dealkylation sites (N-methyl/N-ethyl adjacent to an activating group) is 1. The van der Waals surface area contributed by atoms with Gasteiger partial charge < -0.3 is 9.88 Å². The number of aromatic nitrogens is 1. The van der Waals surface area contributed by atoms with Crippen LogP contribution < -0.4 is 0 Å². The molecule has 0 spiro atoms. The molecule has 1 aromatic carbocycles. The second kappa shape index (κ2) is 5.22. The zero-order valence-electron chi connectivity index (χ0n) is 10.9. The summed E-state index contributed by atoms with van der Waals surface area (Å²) in [6.45, 7) is 2.44. The van der Waals surface area contributed by atoms with Gasteiger partial charge in [-0.05, 0) is 24.6 Å². The van der Waals surface area contributed by atoms with Crippen LogP contribution in [0.1, 0.15) is 23.7 Å². The highest BCUT2D eigenvalue weighted by molar-refractivity contribution is 6.44. The number of H-pyrrole nitrogens is 1. The topological polar surface area (TPSA) is 53.2 Å². The number of ketones is 1. The Bertz CT molecular complexity index is 633. The van der Waals surface area contributed by atoms with E-state index in [4.69, 9.17) is 0 Å². The van der Waals surface area contributed by atoms with Crippen molar-refractivity contribution < 1.29 is 14.0 Å². The molecule has 1 heterocycles. The molecule has 0 aliphatic heterocycles. The first-order valence-corrected chi connectivity index (χ1v) is 6.11. The van der Waals surface area contributed by atoms with Crippen LogP contribution in [0, 0.1) is 5.82 Å². The molecule has 0 radical (unpaired) electrons. The minimum Gasteiger partial charge on any atom is -0.360 e. The van der Waals surface area contributed by atoms with E-state index in [-0.39, 0.29) is 5.56 Å². The van der Waals surface area contributed by atoms with E-state index in [2.05, 4.69) is 4.98 Å². The molecule has 0 fully saturated rings. The predicted molar refractivity (Wildman–Crippen MR) is 70.5 cm³/mol. The van der Waals surface area contributed by atoms with Crippen molar-refractivity contribution in [2.24, 2.45) is 0 Å². The van der Waals surface area contributed by atoms with Gasteiger partial charge in [0.25, 0.3) is 11.7 Å². The summed E-state index contributed by atoms with van der Waals surface area (Å²) < 4.78 is 13.2. The summed E-state index contributed by atoms with van der Waals surface area (Å²) in [5, 5.41) is 0.434. The lowest BCUT2D eigenvalue weighted by molar-refractivity contribution is -0.125. The van der Waals surface area contributed by atoms with Crippen molar-refractivity contribution in [1.29, 1.82) is 0 Å². The number of fused-ring (bicyclic) bond motifs is 1. The van der Waals surface area contributed by atoms with Crippen molar-refractivity contribution in [3.63, 3.8) is 0 Å². The first-order chi connectivity index (χ1) is 9.04. The van der Waals surface area contributed by atoms with E-state index in [0.717, 1.165) is 6.42 Å². The second-order valence-corrected chi connectivity index (χ2v) is 4.45. The van der Waals surface area contributed by atoms with Gasteiger partial charge in [0.05, 0.1) is 5.56 Å². The van der Waals surface area contributed by atoms with Crippen LogP contribution in [0.5, 0.6) is 0 Å². The maximum Gasteiger partial charge on any atom is 0.294 e. The molecule has 1 amide bonds. The molecule has 0 saturated heterocycles. The first-order valence-electron chi connectivity index (χ1n) is 6.11. The number of carbonyl (C=O) groups is 2. The fourth-order valence-electron chi connectivity index (χ4n) is 2.01. The molecule has 5 heteroatoms. The molecule has 4 nitrogen and oxygen atoms in total. The van der Waals surface area contributed by atoms with Gasteiger partial charge in [0.2, 0.25) is 0 Å². The maximum atomic E-state index is 13.2. The highest BCUT2D eigenvalue weighted by Crippen LogP contribution is 2.20. The quantitative estimate of drug-likeness (QED) is 0.679. The second-order valence-electron chi connectivity index (χ2n) is 4.45. The van der Waals surface area contributed by atoms with Crippen LogP contribution in [0.15, 0.2) is 24.4 Å². The zero-order chi connectivity index (χ0) is 14.0. The predicted octanol–water partition coefficient (Wildman–Crippen LogP) is 2.36. The summed E-state index contributed by atoms with van der Waals surface area (Å²) >= 11 is 0. The third-order valence-electron chi connectivity index (χ3n) is 2.99. The molecule has 0 unspecified atom stereocenters. The number of nitrogens with zero attached hydrogens (tertiary/aromatic N) is 1. The van der Waals surface area contributed by atoms with Crippen molar-refractivity contribution in [3.8, 4) is 0 Å². The van der Waals surface area contributed by atoms with E-state index in [1.807, 2.05) is 6.92 Å². The highest BCUT2D eigenvalue weighted by atomic mass is 19.1. The number of benzene rings is 1. The number of nitrogens with one attached hydrogen (secondary N) is 1. The molecule has 0 atom stereocenters. The number of amides is 1. The molecule has 0 bridgehead atoms. The summed E-state index contributed by atoms with van der Waals surface area (Å²) in [6, 6.07) is 4.10. The van der Waals surface area contributed by atoms with E-state index < -0.39 is 17.5 Å². The van der Waals surface area contributed by atoms with Crippen molar-refractivity contribution >= 4 is 22.6 Å². The molecule has 1 N–H and O–H groups in total. The zero-order valence-corrected chi connectivity index (χ0v) is 10.9. The lowest BCUT2D eigenvalue weighted by atomic mass is 10.1. The van der Waals surface area contributed by atoms with Crippen LogP contribution in [0.25, 0.3) is 10.9 Å². The molecule has 100 valence electrons. The third-order valence-corrected chi connectivity index (χ3v) is 2.99. The molecular formula is C14H15FN2O2. The van der Waals surface area contributed by atoms with Gasteiger partial charge in [0.15, 0.2) is 0 Å². The van der Waals surface area contributed by atoms with Crippen molar-refractivity contribution in [1.82, 2.24) is 9.88 Å². The lowest BCUT2D eigenvalue weighted by Crippen LogP contribution is -2.33. The van der Waals surface area contributed by atoms with Gasteiger partial charge in [-0.2, -0.15) is 0 Å². The van der Waals surface area contributed by atoms with E-state index in [1.165, 1.54) is 23.2 Å². The van der Waals surface area contributed by atoms with Gasteiger partial charge in [-0.25, -0.2) is 4.39 Å². The summed E-state index contributed by atoms with van der Waals surface area (Å²) in [7, 11) is 1.58. The third kappa shape index (κ3) is 2.50. The summed E-state index contributed by atoms with van der Waals surface area (Å²) in [6.07, 6.45) is 2.22. The number of aromatic amines is 1. The van der Waals surface area contributed by atoms with E-state index in [0.29, 0.717) is 17.4 Å². The fourth-order valence-corrected chi connectivity index (χ4v) is 2.01. The Balaban J connectivity index is 2.36. The lowest BCUT2D eigenvalue weighted by Gasteiger charge is -2.14. The molecule has 19 heavy (non-hydrogen) atoms. The van der Waals surface area contributed by atoms with Crippen LogP contribution in [-0.2, 0) is 4.79 Å². The number of carbonyl (C=O) groups excluding carboxylic acids is 2. The Kier molecular flexibility index (Phi) is 3.64. The van der Waals surface area contributed by atoms with Crippen molar-refractivity contribution in [2.75, 3.05) is 13.6 Å². The molecule has 1 aromatic heterocycles. The van der Waals surface area contributed by atoms with Crippen LogP contribution in [-0.4, -0.2) is 35.2 Å². The molecule has 2 aromatic rings. The largest absolute Gasteiger partial charge is 0.360 e. The van der Waals surface area contributed by atoms with Gasteiger partial charge in [-0.3, -0.25) is 9.59 Å². The molecule has 2 rings (SSSR count). The van der Waals surface area contributed by atoms with Crippen LogP contribution in [0.4, 0.5) is 4.39 Å². The van der Waals surface area contributed by atoms with Gasteiger partial charge in [0, 0.05) is 30.7 Å². The Morgan fingerprint density at radius 2 is 2.11 bits per heavy atom. The Labute approximate surface area is 110 Å². The molecule has 0 saturated carbocycles. The van der Waals surface area contributed by atoms with E-state index in [9.17, 15) is 14.0 Å². The number of hydrogen-bond donors (Lipinski definition) is 1. The minimum atomic E-state index is -0.618. The number of Topliss-reactive ketones (excluding diaryl/α,β-unsaturated/α-hetero) is 1. The highest BCUT2D eigenvalue weighted by Gasteiger charge is 2.22. The maximum absolute atomic E-state index is 13.2. The van der Waals surface area contributed by atoms with Gasteiger partial charge in [-0.15, -0.1) is 0 Å². The van der Waals surface area contributed by atoms with Gasteiger partial charge >= 0.3 is 0 Å². The normalized spacial score (nSPS) is 10.7. The summed E-state index contributed by atoms with van der Waals surface area (Å²) in [4.78, 5) is 28.3. The van der Waals surface area contributed by atoms with Gasteiger partial charge in [-0.1, -0.05) is 6.92 Å². The van der Waals surface area contributed by atoms with Gasteiger partial charge in [0.1, 0.15) is 5.82 Å². The first kappa shape index (κ1) is 13.3. The summed E-state index contributed by atoms with van der Waals surface area (Å²) in [5.41, 5.74) is 0.846. The number of rotatable bonds is 4. The summed E-state index contributed by atoms with van der Waals surface area (Å²) in [5.74, 6) is -1.63. The SMILES string of the molecule is CCCN(C)C(=O)C(=O)c1c[nH]c2ccc(F)cc12. The monoisotopic (exact) mass is 262 g/mol. The Morgan fingerprint density at radius 3 is 2.79 bits per heavy atom. The average Bonchev–Trinajstić information content (AvgIpc) is 2.80. The van der Waals surface area contributed by atoms with Crippen molar-refractivity contribution in [2.45, 2.75) is 13.3 Å².